The van der Waals surface area contributed by atoms with Gasteiger partial charge >= 0.3 is 11.8 Å². The molecule has 0 aliphatic heterocycles. The molecule has 2 aromatic rings. The number of rotatable bonds is 6. The fourth-order valence-corrected chi connectivity index (χ4v) is 2.51. The first kappa shape index (κ1) is 17.0. The summed E-state index contributed by atoms with van der Waals surface area (Å²) in [6, 6.07) is 7.36. The highest BCUT2D eigenvalue weighted by Crippen LogP contribution is 2.20. The summed E-state index contributed by atoms with van der Waals surface area (Å²) in [5.74, 6) is -1.38. The van der Waals surface area contributed by atoms with Gasteiger partial charge in [-0.1, -0.05) is 13.0 Å². The number of nitrogens with one attached hydrogen (secondary N) is 2. The molecule has 0 saturated carbocycles. The predicted octanol–water partition coefficient (Wildman–Crippen LogP) is 1.88. The highest BCUT2D eigenvalue weighted by molar-refractivity contribution is 6.39. The van der Waals surface area contributed by atoms with E-state index in [0.717, 1.165) is 17.4 Å². The van der Waals surface area contributed by atoms with Crippen LogP contribution in [0.5, 0.6) is 0 Å². The van der Waals surface area contributed by atoms with E-state index in [1.54, 1.807) is 6.07 Å². The molecule has 1 aromatic carbocycles. The van der Waals surface area contributed by atoms with E-state index in [1.165, 1.54) is 0 Å². The molecule has 0 aliphatic rings. The first-order chi connectivity index (χ1) is 11.1. The molecule has 1 unspecified atom stereocenters. The fraction of sp³-hybridized carbons (Fsp3) is 0.412. The van der Waals surface area contributed by atoms with Gasteiger partial charge in [0.1, 0.15) is 0 Å². The molecule has 6 heteroatoms. The number of hydrogen-bond donors (Lipinski definition) is 3. The average molecular weight is 317 g/mol. The highest BCUT2D eigenvalue weighted by atomic mass is 16.3. The molecule has 0 spiro atoms. The van der Waals surface area contributed by atoms with Crippen molar-refractivity contribution in [3.05, 3.63) is 30.5 Å². The largest absolute Gasteiger partial charge is 0.396 e. The standard InChI is InChI=1S/C17H23N3O3/c1-3-13(8-10-21)18-16(22)17(23)19-14-6-5-12-7-9-20(4-2)15(12)11-14/h5-7,9,11,13,21H,3-4,8,10H2,1-2H3,(H,18,22)(H,19,23). The number of aliphatic hydroxyl groups excluding tert-OH is 1. The Morgan fingerprint density at radius 3 is 2.65 bits per heavy atom. The minimum absolute atomic E-state index is 0.0227. The molecule has 0 bridgehead atoms. The maximum Gasteiger partial charge on any atom is 0.313 e. The molecule has 2 rings (SSSR count). The number of aliphatic hydroxyl groups is 1. The van der Waals surface area contributed by atoms with Gasteiger partial charge in [-0.05, 0) is 43.4 Å². The topological polar surface area (TPSA) is 83.4 Å². The highest BCUT2D eigenvalue weighted by Gasteiger charge is 2.17. The third-order valence-electron chi connectivity index (χ3n) is 3.88. The van der Waals surface area contributed by atoms with Crippen molar-refractivity contribution in [3.63, 3.8) is 0 Å². The van der Waals surface area contributed by atoms with Gasteiger partial charge in [0.15, 0.2) is 0 Å². The number of benzene rings is 1. The minimum Gasteiger partial charge on any atom is -0.396 e. The molecule has 23 heavy (non-hydrogen) atoms. The van der Waals surface area contributed by atoms with Crippen LogP contribution in [-0.2, 0) is 16.1 Å². The van der Waals surface area contributed by atoms with Gasteiger partial charge in [-0.15, -0.1) is 0 Å². The lowest BCUT2D eigenvalue weighted by atomic mass is 10.1. The van der Waals surface area contributed by atoms with Crippen LogP contribution in [0.25, 0.3) is 10.9 Å². The minimum atomic E-state index is -0.699. The van der Waals surface area contributed by atoms with E-state index in [4.69, 9.17) is 5.11 Å². The summed E-state index contributed by atoms with van der Waals surface area (Å²) in [4.78, 5) is 23.9. The predicted molar refractivity (Wildman–Crippen MR) is 90.2 cm³/mol. The van der Waals surface area contributed by atoms with Crippen LogP contribution in [0.4, 0.5) is 5.69 Å². The molecule has 1 heterocycles. The molecule has 0 radical (unpaired) electrons. The van der Waals surface area contributed by atoms with Crippen molar-refractivity contribution in [3.8, 4) is 0 Å². The van der Waals surface area contributed by atoms with Crippen LogP contribution in [-0.4, -0.2) is 34.1 Å². The van der Waals surface area contributed by atoms with Crippen molar-refractivity contribution < 1.29 is 14.7 Å². The molecule has 0 fully saturated rings. The van der Waals surface area contributed by atoms with E-state index in [-0.39, 0.29) is 12.6 Å². The summed E-state index contributed by atoms with van der Waals surface area (Å²) >= 11 is 0. The van der Waals surface area contributed by atoms with Gasteiger partial charge in [-0.25, -0.2) is 0 Å². The van der Waals surface area contributed by atoms with E-state index in [9.17, 15) is 9.59 Å². The Morgan fingerprint density at radius 2 is 2.00 bits per heavy atom. The number of anilines is 1. The molecule has 0 saturated heterocycles. The molecular formula is C17H23N3O3. The zero-order valence-electron chi connectivity index (χ0n) is 13.5. The summed E-state index contributed by atoms with van der Waals surface area (Å²) in [5, 5.41) is 15.3. The number of carbonyl (C=O) groups excluding carboxylic acids is 2. The van der Waals surface area contributed by atoms with Gasteiger partial charge in [-0.3, -0.25) is 9.59 Å². The SMILES string of the molecule is CCC(CCO)NC(=O)C(=O)Nc1ccc2ccn(CC)c2c1. The monoisotopic (exact) mass is 317 g/mol. The quantitative estimate of drug-likeness (QED) is 0.711. The van der Waals surface area contributed by atoms with Gasteiger partial charge < -0.3 is 20.3 Å². The Morgan fingerprint density at radius 1 is 1.22 bits per heavy atom. The van der Waals surface area contributed by atoms with Crippen LogP contribution in [0.15, 0.2) is 30.5 Å². The summed E-state index contributed by atoms with van der Waals surface area (Å²) in [6.07, 6.45) is 3.09. The smallest absolute Gasteiger partial charge is 0.313 e. The zero-order chi connectivity index (χ0) is 16.8. The number of carbonyl (C=O) groups is 2. The molecule has 3 N–H and O–H groups in total. The first-order valence-electron chi connectivity index (χ1n) is 7.90. The van der Waals surface area contributed by atoms with Crippen molar-refractivity contribution in [1.82, 2.24) is 9.88 Å². The lowest BCUT2D eigenvalue weighted by Crippen LogP contribution is -2.42. The maximum absolute atomic E-state index is 12.0. The lowest BCUT2D eigenvalue weighted by molar-refractivity contribution is -0.136. The van der Waals surface area contributed by atoms with Crippen molar-refractivity contribution in [2.45, 2.75) is 39.3 Å². The molecule has 1 aromatic heterocycles. The number of amides is 2. The zero-order valence-corrected chi connectivity index (χ0v) is 13.5. The van der Waals surface area contributed by atoms with Gasteiger partial charge in [0, 0.05) is 31.1 Å². The van der Waals surface area contributed by atoms with Crippen LogP contribution < -0.4 is 10.6 Å². The van der Waals surface area contributed by atoms with Gasteiger partial charge in [0.2, 0.25) is 0 Å². The van der Waals surface area contributed by atoms with E-state index in [1.807, 2.05) is 38.2 Å². The Kier molecular flexibility index (Phi) is 5.76. The molecule has 124 valence electrons. The number of aryl methyl sites for hydroxylation is 1. The Balaban J connectivity index is 2.05. The third-order valence-corrected chi connectivity index (χ3v) is 3.88. The number of hydrogen-bond acceptors (Lipinski definition) is 3. The third kappa shape index (κ3) is 4.10. The average Bonchev–Trinajstić information content (AvgIpc) is 2.96. The maximum atomic E-state index is 12.0. The second-order valence-electron chi connectivity index (χ2n) is 5.42. The van der Waals surface area contributed by atoms with E-state index in [2.05, 4.69) is 15.2 Å². The van der Waals surface area contributed by atoms with Crippen LogP contribution in [0.3, 0.4) is 0 Å². The van der Waals surface area contributed by atoms with E-state index < -0.39 is 11.8 Å². The van der Waals surface area contributed by atoms with Crippen LogP contribution in [0.1, 0.15) is 26.7 Å². The van der Waals surface area contributed by atoms with Gasteiger partial charge in [-0.2, -0.15) is 0 Å². The van der Waals surface area contributed by atoms with Gasteiger partial charge in [0.05, 0.1) is 5.52 Å². The summed E-state index contributed by atoms with van der Waals surface area (Å²) < 4.78 is 2.07. The molecule has 1 atom stereocenters. The Labute approximate surface area is 135 Å². The second-order valence-corrected chi connectivity index (χ2v) is 5.42. The summed E-state index contributed by atoms with van der Waals surface area (Å²) in [7, 11) is 0. The second kappa shape index (κ2) is 7.78. The van der Waals surface area contributed by atoms with Crippen molar-refractivity contribution >= 4 is 28.4 Å². The van der Waals surface area contributed by atoms with Crippen molar-refractivity contribution in [1.29, 1.82) is 0 Å². The number of nitrogens with zero attached hydrogens (tertiary/aromatic N) is 1. The van der Waals surface area contributed by atoms with Crippen molar-refractivity contribution in [2.75, 3.05) is 11.9 Å². The number of fused-ring (bicyclic) bond motifs is 1. The van der Waals surface area contributed by atoms with Crippen LogP contribution >= 0.6 is 0 Å². The summed E-state index contributed by atoms with van der Waals surface area (Å²) in [5.41, 5.74) is 1.60. The summed E-state index contributed by atoms with van der Waals surface area (Å²) in [6.45, 7) is 4.75. The Bertz CT molecular complexity index is 693. The van der Waals surface area contributed by atoms with E-state index >= 15 is 0 Å². The molecule has 0 aliphatic carbocycles. The van der Waals surface area contributed by atoms with E-state index in [0.29, 0.717) is 18.5 Å². The molecule has 2 amide bonds. The first-order valence-corrected chi connectivity index (χ1v) is 7.90. The van der Waals surface area contributed by atoms with Gasteiger partial charge in [0.25, 0.3) is 0 Å². The van der Waals surface area contributed by atoms with Crippen molar-refractivity contribution in [2.24, 2.45) is 0 Å². The normalized spacial score (nSPS) is 12.1. The Hall–Kier alpha value is -2.34. The lowest BCUT2D eigenvalue weighted by Gasteiger charge is -2.15. The number of aromatic nitrogens is 1. The molecular weight excluding hydrogens is 294 g/mol. The molecule has 6 nitrogen and oxygen atoms in total. The fourth-order valence-electron chi connectivity index (χ4n) is 2.51. The van der Waals surface area contributed by atoms with Crippen LogP contribution in [0.2, 0.25) is 0 Å². The van der Waals surface area contributed by atoms with Crippen LogP contribution in [0, 0.1) is 0 Å².